The highest BCUT2D eigenvalue weighted by Crippen LogP contribution is 2.51. The standard InChI is InChI=1S/C21H33NO/c1-10-12(3)16(7)20-18(14(10)5)22(9)19-15(6)11(2)13(4)17(8)21(19)23-20/h10,12,14,16,18,20H,1-9H3. The van der Waals surface area contributed by atoms with Gasteiger partial charge in [0.25, 0.3) is 0 Å². The lowest BCUT2D eigenvalue weighted by molar-refractivity contribution is -0.0181. The number of fused-ring (bicyclic) bond motifs is 2. The van der Waals surface area contributed by atoms with E-state index in [1.54, 1.807) is 0 Å². The Labute approximate surface area is 142 Å². The smallest absolute Gasteiger partial charge is 0.146 e. The van der Waals surface area contributed by atoms with E-state index in [1.807, 2.05) is 0 Å². The molecule has 0 saturated heterocycles. The summed E-state index contributed by atoms with van der Waals surface area (Å²) in [6.07, 6.45) is 0.300. The Bertz CT molecular complexity index is 635. The fourth-order valence-electron chi connectivity index (χ4n) is 5.04. The first-order valence-corrected chi connectivity index (χ1v) is 9.18. The van der Waals surface area contributed by atoms with Crippen molar-refractivity contribution in [1.29, 1.82) is 0 Å². The van der Waals surface area contributed by atoms with Gasteiger partial charge in [-0.15, -0.1) is 0 Å². The molecule has 0 amide bonds. The maximum atomic E-state index is 6.71. The average molecular weight is 316 g/mol. The summed E-state index contributed by atoms with van der Waals surface area (Å²) in [5.41, 5.74) is 6.82. The maximum absolute atomic E-state index is 6.71. The van der Waals surface area contributed by atoms with Crippen LogP contribution < -0.4 is 9.64 Å². The molecule has 0 aromatic heterocycles. The van der Waals surface area contributed by atoms with E-state index in [9.17, 15) is 0 Å². The third-order valence-electron chi connectivity index (χ3n) is 7.53. The van der Waals surface area contributed by atoms with E-state index >= 15 is 0 Å². The Balaban J connectivity index is 2.18. The quantitative estimate of drug-likeness (QED) is 0.664. The van der Waals surface area contributed by atoms with Crippen LogP contribution in [0.4, 0.5) is 5.69 Å². The fourth-order valence-corrected chi connectivity index (χ4v) is 5.04. The largest absolute Gasteiger partial charge is 0.486 e. The van der Waals surface area contributed by atoms with Crippen molar-refractivity contribution in [3.05, 3.63) is 22.3 Å². The molecule has 1 aromatic rings. The Kier molecular flexibility index (Phi) is 3.93. The lowest BCUT2D eigenvalue weighted by Gasteiger charge is -2.54. The Hall–Kier alpha value is -1.18. The van der Waals surface area contributed by atoms with Gasteiger partial charge in [-0.1, -0.05) is 27.7 Å². The summed E-state index contributed by atoms with van der Waals surface area (Å²) in [5.74, 6) is 3.80. The molecule has 1 fully saturated rings. The molecule has 6 unspecified atom stereocenters. The van der Waals surface area contributed by atoms with E-state index in [1.165, 1.54) is 27.9 Å². The Morgan fingerprint density at radius 3 is 1.83 bits per heavy atom. The topological polar surface area (TPSA) is 12.5 Å². The highest BCUT2D eigenvalue weighted by atomic mass is 16.5. The first kappa shape index (κ1) is 16.7. The second kappa shape index (κ2) is 5.43. The Morgan fingerprint density at radius 2 is 1.22 bits per heavy atom. The molecule has 0 radical (unpaired) electrons. The molecule has 2 heteroatoms. The number of ether oxygens (including phenoxy) is 1. The van der Waals surface area contributed by atoms with Crippen LogP contribution in [-0.4, -0.2) is 19.2 Å². The van der Waals surface area contributed by atoms with Gasteiger partial charge < -0.3 is 9.64 Å². The number of nitrogens with zero attached hydrogens (tertiary/aromatic N) is 1. The van der Waals surface area contributed by atoms with Gasteiger partial charge in [-0.05, 0) is 73.6 Å². The van der Waals surface area contributed by atoms with Gasteiger partial charge >= 0.3 is 0 Å². The molecule has 1 heterocycles. The molecule has 6 atom stereocenters. The van der Waals surface area contributed by atoms with Crippen molar-refractivity contribution in [1.82, 2.24) is 0 Å². The van der Waals surface area contributed by atoms with Crippen LogP contribution in [0.2, 0.25) is 0 Å². The van der Waals surface area contributed by atoms with Gasteiger partial charge in [0.05, 0.1) is 11.7 Å². The van der Waals surface area contributed by atoms with Gasteiger partial charge in [-0.25, -0.2) is 0 Å². The molecule has 3 rings (SSSR count). The van der Waals surface area contributed by atoms with E-state index in [2.05, 4.69) is 67.3 Å². The minimum Gasteiger partial charge on any atom is -0.486 e. The normalized spacial score (nSPS) is 36.3. The molecule has 0 spiro atoms. The third-order valence-corrected chi connectivity index (χ3v) is 7.53. The summed E-state index contributed by atoms with van der Waals surface area (Å²) in [7, 11) is 2.28. The van der Waals surface area contributed by atoms with Crippen molar-refractivity contribution in [3.63, 3.8) is 0 Å². The molecule has 0 N–H and O–H groups in total. The van der Waals surface area contributed by atoms with Gasteiger partial charge in [-0.3, -0.25) is 0 Å². The van der Waals surface area contributed by atoms with Gasteiger partial charge in [0, 0.05) is 7.05 Å². The molecule has 1 aliphatic carbocycles. The predicted octanol–water partition coefficient (Wildman–Crippen LogP) is 5.04. The molecule has 1 aromatic carbocycles. The van der Waals surface area contributed by atoms with E-state index < -0.39 is 0 Å². The monoisotopic (exact) mass is 315 g/mol. The zero-order valence-corrected chi connectivity index (χ0v) is 16.3. The molecule has 23 heavy (non-hydrogen) atoms. The second-order valence-corrected chi connectivity index (χ2v) is 8.30. The van der Waals surface area contributed by atoms with Crippen LogP contribution in [0, 0.1) is 51.4 Å². The van der Waals surface area contributed by atoms with Crippen LogP contribution in [-0.2, 0) is 0 Å². The van der Waals surface area contributed by atoms with Crippen LogP contribution in [0.5, 0.6) is 5.75 Å². The summed E-state index contributed by atoms with van der Waals surface area (Å²) in [6.45, 7) is 18.6. The summed E-state index contributed by atoms with van der Waals surface area (Å²) >= 11 is 0. The van der Waals surface area contributed by atoms with E-state index in [4.69, 9.17) is 4.74 Å². The fraction of sp³-hybridized carbons (Fsp3) is 0.714. The maximum Gasteiger partial charge on any atom is 0.146 e. The molecule has 1 aliphatic heterocycles. The van der Waals surface area contributed by atoms with Crippen molar-refractivity contribution in [2.75, 3.05) is 11.9 Å². The highest BCUT2D eigenvalue weighted by molar-refractivity contribution is 5.72. The predicted molar refractivity (Wildman–Crippen MR) is 98.7 cm³/mol. The van der Waals surface area contributed by atoms with Crippen LogP contribution in [0.1, 0.15) is 49.9 Å². The van der Waals surface area contributed by atoms with Crippen LogP contribution in [0.25, 0.3) is 0 Å². The van der Waals surface area contributed by atoms with Gasteiger partial charge in [0.2, 0.25) is 0 Å². The minimum absolute atomic E-state index is 0.300. The number of hydrogen-bond donors (Lipinski definition) is 0. The van der Waals surface area contributed by atoms with E-state index in [0.29, 0.717) is 29.9 Å². The zero-order valence-electron chi connectivity index (χ0n) is 16.3. The number of rotatable bonds is 0. The van der Waals surface area contributed by atoms with Gasteiger partial charge in [-0.2, -0.15) is 0 Å². The van der Waals surface area contributed by atoms with Crippen molar-refractivity contribution in [2.45, 2.75) is 67.5 Å². The molecule has 1 saturated carbocycles. The zero-order chi connectivity index (χ0) is 17.2. The molecular weight excluding hydrogens is 282 g/mol. The number of benzene rings is 1. The number of hydrogen-bond acceptors (Lipinski definition) is 2. The lowest BCUT2D eigenvalue weighted by atomic mass is 9.64. The SMILES string of the molecule is Cc1c(C)c(C)c2c(c1C)OC1C(C)C(C)C(C)C(C)C1N2C. The van der Waals surface area contributed by atoms with Crippen LogP contribution in [0.15, 0.2) is 0 Å². The minimum atomic E-state index is 0.300. The molecular formula is C21H33NO. The Morgan fingerprint density at radius 1 is 0.696 bits per heavy atom. The van der Waals surface area contributed by atoms with Crippen LogP contribution >= 0.6 is 0 Å². The molecule has 0 bridgehead atoms. The van der Waals surface area contributed by atoms with Crippen molar-refractivity contribution < 1.29 is 4.74 Å². The lowest BCUT2D eigenvalue weighted by Crippen LogP contribution is -2.61. The highest BCUT2D eigenvalue weighted by Gasteiger charge is 2.49. The first-order valence-electron chi connectivity index (χ1n) is 9.18. The van der Waals surface area contributed by atoms with Crippen molar-refractivity contribution in [3.8, 4) is 5.75 Å². The average Bonchev–Trinajstić information content (AvgIpc) is 2.53. The summed E-state index contributed by atoms with van der Waals surface area (Å²) in [5, 5.41) is 0. The van der Waals surface area contributed by atoms with Gasteiger partial charge in [0.15, 0.2) is 0 Å². The first-order chi connectivity index (χ1) is 10.7. The summed E-state index contributed by atoms with van der Waals surface area (Å²) in [6, 6.07) is 0.476. The summed E-state index contributed by atoms with van der Waals surface area (Å²) in [4.78, 5) is 2.54. The van der Waals surface area contributed by atoms with E-state index in [0.717, 1.165) is 11.7 Å². The van der Waals surface area contributed by atoms with Crippen LogP contribution in [0.3, 0.4) is 0 Å². The second-order valence-electron chi connectivity index (χ2n) is 8.30. The van der Waals surface area contributed by atoms with Gasteiger partial charge in [0.1, 0.15) is 11.9 Å². The van der Waals surface area contributed by atoms with Crippen molar-refractivity contribution >= 4 is 5.69 Å². The molecule has 128 valence electrons. The van der Waals surface area contributed by atoms with Crippen molar-refractivity contribution in [2.24, 2.45) is 23.7 Å². The third kappa shape index (κ3) is 2.13. The molecule has 2 aliphatic rings. The van der Waals surface area contributed by atoms with E-state index in [-0.39, 0.29) is 0 Å². The number of anilines is 1. The summed E-state index contributed by atoms with van der Waals surface area (Å²) < 4.78 is 6.71. The molecule has 2 nitrogen and oxygen atoms in total. The number of likely N-dealkylation sites (N-methyl/N-ethyl adjacent to an activating group) is 1.